The summed E-state index contributed by atoms with van der Waals surface area (Å²) >= 11 is 0. The van der Waals surface area contributed by atoms with Crippen molar-refractivity contribution in [2.45, 2.75) is 60.0 Å². The molecule has 3 heteroatoms. The number of hydrogen-bond acceptors (Lipinski definition) is 2. The molecule has 34 heavy (non-hydrogen) atoms. The third-order valence-corrected chi connectivity index (χ3v) is 6.23. The van der Waals surface area contributed by atoms with Gasteiger partial charge in [-0.05, 0) is 63.7 Å². The van der Waals surface area contributed by atoms with Crippen molar-refractivity contribution in [1.82, 2.24) is 0 Å². The van der Waals surface area contributed by atoms with Gasteiger partial charge in [0, 0.05) is 18.7 Å². The first-order valence-corrected chi connectivity index (χ1v) is 11.9. The molecule has 1 aromatic heterocycles. The highest BCUT2D eigenvalue weighted by Gasteiger charge is 2.27. The van der Waals surface area contributed by atoms with Crippen molar-refractivity contribution in [3.05, 3.63) is 83.1 Å². The van der Waals surface area contributed by atoms with Crippen LogP contribution in [0.1, 0.15) is 49.6 Å². The average Bonchev–Trinajstić information content (AvgIpc) is 2.83. The van der Waals surface area contributed by atoms with E-state index in [2.05, 4.69) is 92.8 Å². The molecule has 0 amide bonds. The molecule has 0 saturated carbocycles. The minimum atomic E-state index is 0.0258. The Morgan fingerprint density at radius 3 is 2.26 bits per heavy atom. The monoisotopic (exact) mass is 454 g/mol. The first-order chi connectivity index (χ1) is 16.4. The van der Waals surface area contributed by atoms with Crippen LogP contribution in [0.5, 0.6) is 0 Å². The van der Waals surface area contributed by atoms with Crippen molar-refractivity contribution in [3.63, 3.8) is 0 Å². The van der Waals surface area contributed by atoms with E-state index < -0.39 is 0 Å². The van der Waals surface area contributed by atoms with Gasteiger partial charge in [0.1, 0.15) is 0 Å². The molecule has 2 aromatic carbocycles. The van der Waals surface area contributed by atoms with E-state index in [9.17, 15) is 0 Å². The topological polar surface area (TPSA) is 22.3 Å². The summed E-state index contributed by atoms with van der Waals surface area (Å²) in [5.41, 5.74) is 8.73. The molecular weight excluding hydrogens is 418 g/mol. The molecule has 0 aliphatic rings. The summed E-state index contributed by atoms with van der Waals surface area (Å²) in [6.07, 6.45) is 11.3. The number of terminal acetylenes is 1. The Hall–Kier alpha value is -3.19. The maximum atomic E-state index is 6.33. The molecule has 0 bridgehead atoms. The van der Waals surface area contributed by atoms with Gasteiger partial charge in [0.2, 0.25) is 5.69 Å². The van der Waals surface area contributed by atoms with Crippen molar-refractivity contribution in [1.29, 1.82) is 0 Å². The number of pyridine rings is 1. The first kappa shape index (κ1) is 25.4. The number of aromatic nitrogens is 1. The van der Waals surface area contributed by atoms with Crippen LogP contribution < -0.4 is 4.57 Å². The average molecular weight is 455 g/mol. The Morgan fingerprint density at radius 1 is 1.00 bits per heavy atom. The third-order valence-electron chi connectivity index (χ3n) is 6.23. The Labute approximate surface area is 205 Å². The Morgan fingerprint density at radius 2 is 1.68 bits per heavy atom. The fourth-order valence-electron chi connectivity index (χ4n) is 4.43. The molecule has 0 spiro atoms. The van der Waals surface area contributed by atoms with Gasteiger partial charge < -0.3 is 9.47 Å². The van der Waals surface area contributed by atoms with Crippen molar-refractivity contribution in [2.24, 2.45) is 0 Å². The maximum Gasteiger partial charge on any atom is 0.267 e. The van der Waals surface area contributed by atoms with E-state index in [1.807, 2.05) is 19.1 Å². The summed E-state index contributed by atoms with van der Waals surface area (Å²) in [4.78, 5) is 0. The van der Waals surface area contributed by atoms with Crippen LogP contribution in [0.4, 0.5) is 0 Å². The van der Waals surface area contributed by atoms with E-state index in [4.69, 9.17) is 15.9 Å². The van der Waals surface area contributed by atoms with Crippen LogP contribution >= 0.6 is 0 Å². The van der Waals surface area contributed by atoms with Crippen LogP contribution in [0.15, 0.2) is 60.7 Å². The summed E-state index contributed by atoms with van der Waals surface area (Å²) in [6, 6.07) is 19.1. The minimum absolute atomic E-state index is 0.0258. The summed E-state index contributed by atoms with van der Waals surface area (Å²) in [6.45, 7) is 10.8. The van der Waals surface area contributed by atoms with Gasteiger partial charge in [-0.2, -0.15) is 4.57 Å². The number of nitrogens with zero attached hydrogens (tertiary/aromatic N) is 1. The molecule has 2 atom stereocenters. The molecule has 3 aromatic rings. The summed E-state index contributed by atoms with van der Waals surface area (Å²) in [5.74, 6) is 2.99. The van der Waals surface area contributed by atoms with E-state index >= 15 is 0 Å². The number of aryl methyl sites for hydroxylation is 2. The van der Waals surface area contributed by atoms with Gasteiger partial charge >= 0.3 is 0 Å². The van der Waals surface area contributed by atoms with Gasteiger partial charge in [-0.25, -0.2) is 0 Å². The van der Waals surface area contributed by atoms with E-state index in [0.29, 0.717) is 6.73 Å². The molecular formula is C31H36NO2+. The van der Waals surface area contributed by atoms with Crippen molar-refractivity contribution in [3.8, 4) is 34.7 Å². The molecule has 0 aliphatic heterocycles. The summed E-state index contributed by atoms with van der Waals surface area (Å²) in [5, 5.41) is 0. The second-order valence-electron chi connectivity index (χ2n) is 8.80. The third kappa shape index (κ3) is 5.65. The Balaban J connectivity index is 2.27. The summed E-state index contributed by atoms with van der Waals surface area (Å²) < 4.78 is 13.9. The predicted octanol–water partition coefficient (Wildman–Crippen LogP) is 6.73. The lowest BCUT2D eigenvalue weighted by Gasteiger charge is -2.19. The maximum absolute atomic E-state index is 6.33. The second-order valence-corrected chi connectivity index (χ2v) is 8.80. The van der Waals surface area contributed by atoms with Gasteiger partial charge in [0.05, 0.1) is 23.3 Å². The standard InChI is InChI=1S/C31H36NO2/c1-8-14-27-28(26-17-11-10-12-18-26)20-30(31-22(3)15-13-16-23(31)4)32(29(27)9-2)21-34-25(6)19-24(5)33-7/h2,8,10-18,20,24-25H,19,21H2,1,3-7H3/q+1/b14-8-. The molecule has 176 valence electrons. The molecule has 0 saturated heterocycles. The zero-order valence-corrected chi connectivity index (χ0v) is 21.3. The van der Waals surface area contributed by atoms with E-state index in [1.54, 1.807) is 7.11 Å². The Kier molecular flexibility index (Phi) is 8.82. The highest BCUT2D eigenvalue weighted by molar-refractivity contribution is 5.81. The van der Waals surface area contributed by atoms with Crippen molar-refractivity contribution >= 4 is 6.08 Å². The highest BCUT2D eigenvalue weighted by atomic mass is 16.5. The van der Waals surface area contributed by atoms with Gasteiger partial charge in [-0.15, -0.1) is 6.42 Å². The zero-order chi connectivity index (χ0) is 24.7. The number of benzene rings is 2. The normalized spacial score (nSPS) is 13.1. The summed E-state index contributed by atoms with van der Waals surface area (Å²) in [7, 11) is 1.73. The van der Waals surface area contributed by atoms with Crippen LogP contribution in [0.3, 0.4) is 0 Å². The lowest BCUT2D eigenvalue weighted by Crippen LogP contribution is -2.43. The van der Waals surface area contributed by atoms with E-state index in [1.165, 1.54) is 16.7 Å². The molecule has 0 fully saturated rings. The molecule has 0 aliphatic carbocycles. The zero-order valence-electron chi connectivity index (χ0n) is 21.3. The molecule has 2 unspecified atom stereocenters. The SMILES string of the molecule is C#Cc1c(/C=C\C)c(-c2ccccc2)cc(-c2c(C)cccc2C)[n+]1COC(C)CC(C)OC. The molecule has 1 heterocycles. The fourth-order valence-corrected chi connectivity index (χ4v) is 4.43. The van der Waals surface area contributed by atoms with Gasteiger partial charge in [0.25, 0.3) is 12.4 Å². The molecule has 0 N–H and O–H groups in total. The first-order valence-electron chi connectivity index (χ1n) is 11.9. The number of rotatable bonds is 9. The van der Waals surface area contributed by atoms with Crippen LogP contribution in [-0.2, 0) is 16.2 Å². The van der Waals surface area contributed by atoms with Gasteiger partial charge in [0.15, 0.2) is 0 Å². The number of ether oxygens (including phenoxy) is 2. The molecule has 3 rings (SSSR count). The second kappa shape index (κ2) is 11.8. The van der Waals surface area contributed by atoms with E-state index in [0.717, 1.165) is 34.5 Å². The fraction of sp³-hybridized carbons (Fsp3) is 0.323. The highest BCUT2D eigenvalue weighted by Crippen LogP contribution is 2.33. The largest absolute Gasteiger partial charge is 0.382 e. The van der Waals surface area contributed by atoms with Crippen LogP contribution in [-0.4, -0.2) is 19.3 Å². The quantitative estimate of drug-likeness (QED) is 0.264. The van der Waals surface area contributed by atoms with Crippen LogP contribution in [0.2, 0.25) is 0 Å². The van der Waals surface area contributed by atoms with Crippen molar-refractivity contribution < 1.29 is 14.0 Å². The number of methoxy groups -OCH3 is 1. The lowest BCUT2D eigenvalue weighted by molar-refractivity contribution is -0.727. The van der Waals surface area contributed by atoms with Crippen molar-refractivity contribution in [2.75, 3.05) is 7.11 Å². The predicted molar refractivity (Wildman–Crippen MR) is 141 cm³/mol. The smallest absolute Gasteiger partial charge is 0.267 e. The van der Waals surface area contributed by atoms with Gasteiger partial charge in [-0.1, -0.05) is 60.7 Å². The van der Waals surface area contributed by atoms with Gasteiger partial charge in [-0.3, -0.25) is 0 Å². The molecule has 3 nitrogen and oxygen atoms in total. The molecule has 0 radical (unpaired) electrons. The number of allylic oxidation sites excluding steroid dienone is 1. The minimum Gasteiger partial charge on any atom is -0.382 e. The van der Waals surface area contributed by atoms with Crippen LogP contribution in [0.25, 0.3) is 28.5 Å². The Bertz CT molecular complexity index is 1170. The van der Waals surface area contributed by atoms with Crippen LogP contribution in [0, 0.1) is 26.2 Å². The van der Waals surface area contributed by atoms with E-state index in [-0.39, 0.29) is 12.2 Å². The lowest BCUT2D eigenvalue weighted by atomic mass is 9.92. The number of hydrogen-bond donors (Lipinski definition) is 0.